The number of likely N-dealkylation sites (N-methyl/N-ethyl adjacent to an activating group) is 1. The zero-order valence-electron chi connectivity index (χ0n) is 15.4. The number of benzene rings is 2. The summed E-state index contributed by atoms with van der Waals surface area (Å²) in [4.78, 5) is 14.6. The molecule has 0 radical (unpaired) electrons. The van der Waals surface area contributed by atoms with Crippen LogP contribution in [-0.4, -0.2) is 28.7 Å². The van der Waals surface area contributed by atoms with Crippen molar-refractivity contribution < 1.29 is 14.6 Å². The zero-order chi connectivity index (χ0) is 20.1. The van der Waals surface area contributed by atoms with Crippen molar-refractivity contribution in [2.75, 3.05) is 7.05 Å². The Hall–Kier alpha value is -2.24. The minimum atomic E-state index is -0.762. The van der Waals surface area contributed by atoms with Gasteiger partial charge < -0.3 is 14.7 Å². The van der Waals surface area contributed by atoms with Crippen molar-refractivity contribution in [2.45, 2.75) is 25.0 Å². The fourth-order valence-electron chi connectivity index (χ4n) is 3.79. The van der Waals surface area contributed by atoms with Crippen LogP contribution in [0.15, 0.2) is 64.3 Å². The third-order valence-electron chi connectivity index (χ3n) is 5.43. The van der Waals surface area contributed by atoms with Crippen LogP contribution in [0.5, 0.6) is 5.75 Å². The van der Waals surface area contributed by atoms with E-state index in [4.69, 9.17) is 16.3 Å². The summed E-state index contributed by atoms with van der Waals surface area (Å²) in [6.45, 7) is 1.89. The van der Waals surface area contributed by atoms with Gasteiger partial charge in [0.1, 0.15) is 11.5 Å². The quantitative estimate of drug-likeness (QED) is 0.463. The summed E-state index contributed by atoms with van der Waals surface area (Å²) < 4.78 is 7.09. The molecule has 2 aliphatic rings. The number of carbonyl (C=O) groups is 1. The number of nitrogens with zero attached hydrogens (tertiary/aromatic N) is 1. The number of allylic oxidation sites excluding steroid dienone is 1. The van der Waals surface area contributed by atoms with Crippen molar-refractivity contribution in [3.05, 3.63) is 80.5 Å². The maximum Gasteiger partial charge on any atom is 0.256 e. The summed E-state index contributed by atoms with van der Waals surface area (Å²) in [6, 6.07) is 13.1. The summed E-state index contributed by atoms with van der Waals surface area (Å²) in [6.07, 6.45) is 3.91. The minimum Gasteiger partial charge on any atom is -0.507 e. The van der Waals surface area contributed by atoms with Gasteiger partial charge in [-0.15, -0.1) is 0 Å². The van der Waals surface area contributed by atoms with Gasteiger partial charge in [-0.1, -0.05) is 45.7 Å². The number of carbonyl (C=O) groups excluding carboxylic acids is 1. The third-order valence-corrected chi connectivity index (χ3v) is 6.20. The number of ether oxygens (including phenoxy) is 1. The molecule has 4 nitrogen and oxygen atoms in total. The molecular formula is C22H19BrClNO3. The fraction of sp³-hybridized carbons (Fsp3) is 0.227. The molecule has 6 heteroatoms. The standard InChI is InChI=1S/C22H19BrClNO3/c1-22-12-17(16-11-15(24)8-10-19(16)28-22)20(21(27)25(22)2)18(26)9-5-13-3-6-14(23)7-4-13/h3-11,17,26H,12H2,1-2H3/b9-5+,20-18-. The van der Waals surface area contributed by atoms with Gasteiger partial charge >= 0.3 is 0 Å². The smallest absolute Gasteiger partial charge is 0.256 e. The molecule has 1 saturated heterocycles. The second kappa shape index (κ2) is 6.98. The van der Waals surface area contributed by atoms with Gasteiger partial charge in [0.25, 0.3) is 5.91 Å². The lowest BCUT2D eigenvalue weighted by molar-refractivity contribution is -0.153. The SMILES string of the molecule is CN1C(=O)/C(=C(O)/C=C/c2ccc(Br)cc2)C2CC1(C)Oc1ccc(Cl)cc12. The molecule has 1 N–H and O–H groups in total. The molecule has 2 aliphatic heterocycles. The van der Waals surface area contributed by atoms with Crippen LogP contribution in [0, 0.1) is 0 Å². The molecule has 0 saturated carbocycles. The molecule has 4 rings (SSSR count). The number of hydrogen-bond donors (Lipinski definition) is 1. The highest BCUT2D eigenvalue weighted by Crippen LogP contribution is 2.50. The summed E-state index contributed by atoms with van der Waals surface area (Å²) >= 11 is 9.59. The molecule has 2 heterocycles. The number of rotatable bonds is 2. The van der Waals surface area contributed by atoms with Gasteiger partial charge in [0.05, 0.1) is 5.57 Å². The number of hydrogen-bond acceptors (Lipinski definition) is 3. The molecule has 0 spiro atoms. The molecule has 2 bridgehead atoms. The van der Waals surface area contributed by atoms with Crippen LogP contribution in [0.4, 0.5) is 0 Å². The molecule has 0 aliphatic carbocycles. The summed E-state index contributed by atoms with van der Waals surface area (Å²) in [5, 5.41) is 11.4. The molecule has 144 valence electrons. The number of amides is 1. The van der Waals surface area contributed by atoms with Gasteiger partial charge in [-0.05, 0) is 48.9 Å². The lowest BCUT2D eigenvalue weighted by Gasteiger charge is -2.50. The lowest BCUT2D eigenvalue weighted by atomic mass is 9.77. The van der Waals surface area contributed by atoms with Crippen LogP contribution in [-0.2, 0) is 4.79 Å². The normalized spacial score (nSPS) is 25.5. The monoisotopic (exact) mass is 459 g/mol. The van der Waals surface area contributed by atoms with Gasteiger partial charge in [0, 0.05) is 34.4 Å². The number of piperidine rings is 1. The summed E-state index contributed by atoms with van der Waals surface area (Å²) in [7, 11) is 1.70. The van der Waals surface area contributed by atoms with Crippen molar-refractivity contribution in [2.24, 2.45) is 0 Å². The van der Waals surface area contributed by atoms with E-state index in [0.29, 0.717) is 22.8 Å². The maximum atomic E-state index is 13.1. The highest BCUT2D eigenvalue weighted by molar-refractivity contribution is 9.10. The Balaban J connectivity index is 1.80. The predicted molar refractivity (Wildman–Crippen MR) is 113 cm³/mol. The molecular weight excluding hydrogens is 442 g/mol. The summed E-state index contributed by atoms with van der Waals surface area (Å²) in [5.74, 6) is 0.109. The second-order valence-electron chi connectivity index (χ2n) is 7.26. The highest BCUT2D eigenvalue weighted by atomic mass is 79.9. The maximum absolute atomic E-state index is 13.1. The first-order chi connectivity index (χ1) is 13.3. The second-order valence-corrected chi connectivity index (χ2v) is 8.62. The van der Waals surface area contributed by atoms with Crippen molar-refractivity contribution in [3.8, 4) is 5.75 Å². The number of fused-ring (bicyclic) bond motifs is 4. The fourth-order valence-corrected chi connectivity index (χ4v) is 4.23. The van der Waals surface area contributed by atoms with E-state index < -0.39 is 5.72 Å². The van der Waals surface area contributed by atoms with E-state index in [-0.39, 0.29) is 17.6 Å². The van der Waals surface area contributed by atoms with E-state index in [1.807, 2.05) is 43.3 Å². The van der Waals surface area contributed by atoms with E-state index in [1.54, 1.807) is 30.2 Å². The molecule has 1 amide bonds. The predicted octanol–water partition coefficient (Wildman–Crippen LogP) is 5.68. The Bertz CT molecular complexity index is 1010. The Morgan fingerprint density at radius 1 is 1.32 bits per heavy atom. The van der Waals surface area contributed by atoms with Gasteiger partial charge in [0.15, 0.2) is 5.72 Å². The van der Waals surface area contributed by atoms with Crippen molar-refractivity contribution in [1.82, 2.24) is 4.90 Å². The van der Waals surface area contributed by atoms with Crippen molar-refractivity contribution in [3.63, 3.8) is 0 Å². The lowest BCUT2D eigenvalue weighted by Crippen LogP contribution is -2.59. The number of halogens is 2. The Kier molecular flexibility index (Phi) is 4.76. The van der Waals surface area contributed by atoms with Crippen molar-refractivity contribution in [1.29, 1.82) is 0 Å². The van der Waals surface area contributed by atoms with Crippen LogP contribution in [0.1, 0.15) is 30.4 Å². The van der Waals surface area contributed by atoms with E-state index in [0.717, 1.165) is 15.6 Å². The van der Waals surface area contributed by atoms with Crippen LogP contribution in [0.25, 0.3) is 6.08 Å². The van der Waals surface area contributed by atoms with Gasteiger partial charge in [0.2, 0.25) is 0 Å². The molecule has 28 heavy (non-hydrogen) atoms. The molecule has 1 fully saturated rings. The number of likely N-dealkylation sites (tertiary alicyclic amines) is 1. The van der Waals surface area contributed by atoms with Crippen molar-refractivity contribution >= 4 is 39.5 Å². The zero-order valence-corrected chi connectivity index (χ0v) is 17.8. The molecule has 2 aromatic rings. The van der Waals surface area contributed by atoms with E-state index >= 15 is 0 Å². The average molecular weight is 461 g/mol. The topological polar surface area (TPSA) is 49.8 Å². The molecule has 2 unspecified atom stereocenters. The molecule has 0 aromatic heterocycles. The van der Waals surface area contributed by atoms with Gasteiger partial charge in [-0.25, -0.2) is 0 Å². The third kappa shape index (κ3) is 3.23. The largest absolute Gasteiger partial charge is 0.507 e. The van der Waals surface area contributed by atoms with Crippen LogP contribution < -0.4 is 4.74 Å². The Morgan fingerprint density at radius 2 is 2.04 bits per heavy atom. The molecule has 2 atom stereocenters. The first-order valence-corrected chi connectivity index (χ1v) is 10.1. The van der Waals surface area contributed by atoms with Crippen LogP contribution in [0.2, 0.25) is 5.02 Å². The molecule has 2 aromatic carbocycles. The number of aliphatic hydroxyl groups is 1. The van der Waals surface area contributed by atoms with E-state index in [2.05, 4.69) is 15.9 Å². The Morgan fingerprint density at radius 3 is 2.75 bits per heavy atom. The first-order valence-electron chi connectivity index (χ1n) is 8.92. The summed E-state index contributed by atoms with van der Waals surface area (Å²) in [5.41, 5.74) is 1.35. The van der Waals surface area contributed by atoms with Gasteiger partial charge in [-0.2, -0.15) is 0 Å². The Labute approximate surface area is 177 Å². The first kappa shape index (κ1) is 19.1. The van der Waals surface area contributed by atoms with E-state index in [1.165, 1.54) is 0 Å². The van der Waals surface area contributed by atoms with E-state index in [9.17, 15) is 9.90 Å². The average Bonchev–Trinajstić information content (AvgIpc) is 2.66. The highest BCUT2D eigenvalue weighted by Gasteiger charge is 2.51. The van der Waals surface area contributed by atoms with Crippen LogP contribution >= 0.6 is 27.5 Å². The van der Waals surface area contributed by atoms with Crippen LogP contribution in [0.3, 0.4) is 0 Å². The minimum absolute atomic E-state index is 0.0420. The number of aliphatic hydroxyl groups excluding tert-OH is 1. The van der Waals surface area contributed by atoms with Gasteiger partial charge in [-0.3, -0.25) is 4.79 Å².